The maximum atomic E-state index is 5.93. The minimum absolute atomic E-state index is 0.145. The van der Waals surface area contributed by atoms with Crippen LogP contribution in [0, 0.1) is 0 Å². The third kappa shape index (κ3) is 6.08. The Morgan fingerprint density at radius 1 is 1.26 bits per heavy atom. The quantitative estimate of drug-likeness (QED) is 0.769. The number of nitrogens with one attached hydrogen (secondary N) is 1. The first kappa shape index (κ1) is 16.0. The van der Waals surface area contributed by atoms with E-state index in [9.17, 15) is 0 Å². The molecule has 19 heavy (non-hydrogen) atoms. The molecule has 0 bridgehead atoms. The SMILES string of the molecule is COCCNCC(C)Oc1cccc(C(C)(C)C)c1. The molecular formula is C16H27NO2. The van der Waals surface area contributed by atoms with Gasteiger partial charge < -0.3 is 14.8 Å². The predicted octanol–water partition coefficient (Wildman–Crippen LogP) is 2.99. The number of methoxy groups -OCH3 is 1. The van der Waals surface area contributed by atoms with Crippen molar-refractivity contribution < 1.29 is 9.47 Å². The van der Waals surface area contributed by atoms with Gasteiger partial charge in [-0.25, -0.2) is 0 Å². The maximum absolute atomic E-state index is 5.93. The second kappa shape index (κ2) is 7.51. The maximum Gasteiger partial charge on any atom is 0.120 e. The highest BCUT2D eigenvalue weighted by molar-refractivity contribution is 5.32. The van der Waals surface area contributed by atoms with Crippen LogP contribution in [0.1, 0.15) is 33.3 Å². The lowest BCUT2D eigenvalue weighted by molar-refractivity contribution is 0.184. The van der Waals surface area contributed by atoms with E-state index < -0.39 is 0 Å². The number of benzene rings is 1. The third-order valence-corrected chi connectivity index (χ3v) is 2.95. The molecule has 1 rings (SSSR count). The molecule has 3 nitrogen and oxygen atoms in total. The van der Waals surface area contributed by atoms with Crippen LogP contribution in [-0.4, -0.2) is 32.9 Å². The zero-order valence-corrected chi connectivity index (χ0v) is 12.8. The van der Waals surface area contributed by atoms with Crippen LogP contribution in [0.15, 0.2) is 24.3 Å². The summed E-state index contributed by atoms with van der Waals surface area (Å²) >= 11 is 0. The fourth-order valence-corrected chi connectivity index (χ4v) is 1.79. The van der Waals surface area contributed by atoms with Gasteiger partial charge in [0.05, 0.1) is 6.61 Å². The second-order valence-electron chi connectivity index (χ2n) is 5.90. The molecule has 0 heterocycles. The highest BCUT2D eigenvalue weighted by Crippen LogP contribution is 2.25. The molecule has 0 saturated carbocycles. The van der Waals surface area contributed by atoms with Crippen molar-refractivity contribution in [1.82, 2.24) is 5.32 Å². The van der Waals surface area contributed by atoms with Gasteiger partial charge in [-0.15, -0.1) is 0 Å². The van der Waals surface area contributed by atoms with E-state index in [1.807, 2.05) is 6.07 Å². The average molecular weight is 265 g/mol. The van der Waals surface area contributed by atoms with E-state index in [2.05, 4.69) is 51.2 Å². The Balaban J connectivity index is 2.48. The summed E-state index contributed by atoms with van der Waals surface area (Å²) in [5, 5.41) is 3.30. The molecule has 1 unspecified atom stereocenters. The summed E-state index contributed by atoms with van der Waals surface area (Å²) in [5.41, 5.74) is 1.45. The monoisotopic (exact) mass is 265 g/mol. The van der Waals surface area contributed by atoms with E-state index in [0.29, 0.717) is 0 Å². The number of rotatable bonds is 7. The Kier molecular flexibility index (Phi) is 6.32. The van der Waals surface area contributed by atoms with Crippen molar-refractivity contribution in [2.45, 2.75) is 39.2 Å². The van der Waals surface area contributed by atoms with Crippen LogP contribution in [0.2, 0.25) is 0 Å². The molecule has 0 aliphatic carbocycles. The number of hydrogen-bond acceptors (Lipinski definition) is 3. The van der Waals surface area contributed by atoms with Gasteiger partial charge in [0.15, 0.2) is 0 Å². The van der Waals surface area contributed by atoms with E-state index >= 15 is 0 Å². The molecule has 0 amide bonds. The van der Waals surface area contributed by atoms with Gasteiger partial charge in [-0.05, 0) is 30.0 Å². The van der Waals surface area contributed by atoms with Crippen molar-refractivity contribution in [3.05, 3.63) is 29.8 Å². The molecule has 3 heteroatoms. The summed E-state index contributed by atoms with van der Waals surface area (Å²) in [4.78, 5) is 0. The molecule has 0 saturated heterocycles. The fraction of sp³-hybridized carbons (Fsp3) is 0.625. The summed E-state index contributed by atoms with van der Waals surface area (Å²) in [6.07, 6.45) is 0.145. The third-order valence-electron chi connectivity index (χ3n) is 2.95. The molecule has 1 N–H and O–H groups in total. The first-order valence-electron chi connectivity index (χ1n) is 6.90. The van der Waals surface area contributed by atoms with Crippen molar-refractivity contribution in [2.75, 3.05) is 26.8 Å². The Labute approximate surface area is 117 Å². The Morgan fingerprint density at radius 2 is 2.00 bits per heavy atom. The summed E-state index contributed by atoms with van der Waals surface area (Å²) in [6, 6.07) is 8.35. The minimum atomic E-state index is 0.145. The molecule has 1 atom stereocenters. The van der Waals surface area contributed by atoms with E-state index in [1.165, 1.54) is 5.56 Å². The lowest BCUT2D eigenvalue weighted by Gasteiger charge is -2.21. The van der Waals surface area contributed by atoms with Crippen molar-refractivity contribution >= 4 is 0 Å². The fourth-order valence-electron chi connectivity index (χ4n) is 1.79. The summed E-state index contributed by atoms with van der Waals surface area (Å²) in [7, 11) is 1.71. The van der Waals surface area contributed by atoms with Gasteiger partial charge in [-0.1, -0.05) is 32.9 Å². The summed E-state index contributed by atoms with van der Waals surface area (Å²) in [6.45, 7) is 11.1. The van der Waals surface area contributed by atoms with E-state index in [1.54, 1.807) is 7.11 Å². The van der Waals surface area contributed by atoms with Crippen molar-refractivity contribution in [3.63, 3.8) is 0 Å². The van der Waals surface area contributed by atoms with Crippen molar-refractivity contribution in [1.29, 1.82) is 0 Å². The second-order valence-corrected chi connectivity index (χ2v) is 5.90. The minimum Gasteiger partial charge on any atom is -0.489 e. The highest BCUT2D eigenvalue weighted by atomic mass is 16.5. The number of ether oxygens (including phenoxy) is 2. The van der Waals surface area contributed by atoms with Crippen molar-refractivity contribution in [2.24, 2.45) is 0 Å². The van der Waals surface area contributed by atoms with E-state index in [0.717, 1.165) is 25.4 Å². The van der Waals surface area contributed by atoms with E-state index in [4.69, 9.17) is 9.47 Å². The summed E-state index contributed by atoms with van der Waals surface area (Å²) < 4.78 is 10.9. The molecule has 0 aromatic heterocycles. The smallest absolute Gasteiger partial charge is 0.120 e. The van der Waals surface area contributed by atoms with Gasteiger partial charge in [0.25, 0.3) is 0 Å². The Morgan fingerprint density at radius 3 is 2.63 bits per heavy atom. The molecule has 1 aromatic rings. The zero-order valence-electron chi connectivity index (χ0n) is 12.8. The van der Waals surface area contributed by atoms with Gasteiger partial charge >= 0.3 is 0 Å². The average Bonchev–Trinajstić information content (AvgIpc) is 2.34. The topological polar surface area (TPSA) is 30.5 Å². The Bertz CT molecular complexity index is 371. The summed E-state index contributed by atoms with van der Waals surface area (Å²) in [5.74, 6) is 0.938. The van der Waals surface area contributed by atoms with Gasteiger partial charge in [0.2, 0.25) is 0 Å². The van der Waals surface area contributed by atoms with Gasteiger partial charge in [-0.2, -0.15) is 0 Å². The molecule has 0 aliphatic heterocycles. The van der Waals surface area contributed by atoms with Crippen LogP contribution in [0.4, 0.5) is 0 Å². The van der Waals surface area contributed by atoms with Crippen LogP contribution < -0.4 is 10.1 Å². The molecule has 0 fully saturated rings. The normalized spacial score (nSPS) is 13.3. The number of hydrogen-bond donors (Lipinski definition) is 1. The molecular weight excluding hydrogens is 238 g/mol. The molecule has 1 aromatic carbocycles. The molecule has 108 valence electrons. The molecule has 0 spiro atoms. The predicted molar refractivity (Wildman–Crippen MR) is 80.0 cm³/mol. The van der Waals surface area contributed by atoms with Gasteiger partial charge in [0.1, 0.15) is 11.9 Å². The van der Waals surface area contributed by atoms with Crippen LogP contribution in [0.3, 0.4) is 0 Å². The lowest BCUT2D eigenvalue weighted by Crippen LogP contribution is -2.31. The largest absolute Gasteiger partial charge is 0.489 e. The van der Waals surface area contributed by atoms with Crippen molar-refractivity contribution in [3.8, 4) is 5.75 Å². The van der Waals surface area contributed by atoms with Crippen LogP contribution >= 0.6 is 0 Å². The van der Waals surface area contributed by atoms with Gasteiger partial charge in [0, 0.05) is 20.2 Å². The standard InChI is InChI=1S/C16H27NO2/c1-13(12-17-9-10-18-5)19-15-8-6-7-14(11-15)16(2,3)4/h6-8,11,13,17H,9-10,12H2,1-5H3. The molecule has 0 radical (unpaired) electrons. The first-order chi connectivity index (χ1) is 8.93. The van der Waals surface area contributed by atoms with Crippen LogP contribution in [-0.2, 0) is 10.2 Å². The first-order valence-corrected chi connectivity index (χ1v) is 6.90. The van der Waals surface area contributed by atoms with Crippen LogP contribution in [0.25, 0.3) is 0 Å². The lowest BCUT2D eigenvalue weighted by atomic mass is 9.87. The molecule has 0 aliphatic rings. The van der Waals surface area contributed by atoms with Crippen LogP contribution in [0.5, 0.6) is 5.75 Å². The van der Waals surface area contributed by atoms with E-state index in [-0.39, 0.29) is 11.5 Å². The highest BCUT2D eigenvalue weighted by Gasteiger charge is 2.14. The Hall–Kier alpha value is -1.06. The van der Waals surface area contributed by atoms with Gasteiger partial charge in [-0.3, -0.25) is 0 Å². The zero-order chi connectivity index (χ0) is 14.3.